The van der Waals surface area contributed by atoms with Gasteiger partial charge < -0.3 is 56.5 Å². The summed E-state index contributed by atoms with van der Waals surface area (Å²) in [7, 11) is 2.38. The van der Waals surface area contributed by atoms with Crippen molar-refractivity contribution in [1.29, 1.82) is 0 Å². The van der Waals surface area contributed by atoms with Gasteiger partial charge in [-0.15, -0.1) is 0 Å². The number of carbonyl (C=O) groups is 6. The summed E-state index contributed by atoms with van der Waals surface area (Å²) in [5.41, 5.74) is 1.73. The van der Waals surface area contributed by atoms with Crippen molar-refractivity contribution in [3.63, 3.8) is 0 Å². The van der Waals surface area contributed by atoms with E-state index in [0.29, 0.717) is 22.5 Å². The van der Waals surface area contributed by atoms with Crippen molar-refractivity contribution in [2.75, 3.05) is 42.0 Å². The van der Waals surface area contributed by atoms with Crippen molar-refractivity contribution >= 4 is 64.3 Å². The topological polar surface area (TPSA) is 262 Å². The highest BCUT2D eigenvalue weighted by atomic mass is 16.5. The van der Waals surface area contributed by atoms with Crippen LogP contribution in [0.4, 0.5) is 22.7 Å². The lowest BCUT2D eigenvalue weighted by Crippen LogP contribution is -2.27. The van der Waals surface area contributed by atoms with Gasteiger partial charge >= 0.3 is 5.97 Å². The molecule has 60 heavy (non-hydrogen) atoms. The quantitative estimate of drug-likeness (QED) is 0.0566. The summed E-state index contributed by atoms with van der Waals surface area (Å²) in [5.74, 6) is -5.83. The summed E-state index contributed by atoms with van der Waals surface area (Å²) in [4.78, 5) is 75.3. The first kappa shape index (κ1) is 42.8. The molecule has 5 amide bonds. The molecule has 0 heterocycles. The number of aromatic hydroxyl groups is 3. The molecule has 0 saturated carbocycles. The first-order chi connectivity index (χ1) is 28.7. The Bertz CT molecular complexity index is 2480. The molecule has 5 rings (SSSR count). The molecule has 5 aromatic rings. The van der Waals surface area contributed by atoms with Crippen LogP contribution in [-0.2, 0) is 9.59 Å². The number of anilines is 4. The van der Waals surface area contributed by atoms with Gasteiger partial charge in [0.1, 0.15) is 11.3 Å². The lowest BCUT2D eigenvalue weighted by atomic mass is 10.1. The molecule has 5 aromatic carbocycles. The van der Waals surface area contributed by atoms with Crippen molar-refractivity contribution in [2.45, 2.75) is 13.3 Å². The van der Waals surface area contributed by atoms with E-state index >= 15 is 0 Å². The summed E-state index contributed by atoms with van der Waals surface area (Å²) in [5, 5.41) is 53.0. The number of methoxy groups -OCH3 is 2. The van der Waals surface area contributed by atoms with Crippen LogP contribution in [0, 0.1) is 0 Å². The number of ether oxygens (including phenoxy) is 2. The minimum Gasteiger partial charge on any atom is -0.508 e. The van der Waals surface area contributed by atoms with Gasteiger partial charge in [0.05, 0.1) is 31.2 Å². The van der Waals surface area contributed by atoms with Crippen molar-refractivity contribution in [3.05, 3.63) is 130 Å². The molecule has 0 aliphatic rings. The number of amides is 5. The van der Waals surface area contributed by atoms with Crippen molar-refractivity contribution in [1.82, 2.24) is 5.32 Å². The third kappa shape index (κ3) is 10.5. The van der Waals surface area contributed by atoms with Crippen molar-refractivity contribution < 1.29 is 58.7 Å². The highest BCUT2D eigenvalue weighted by molar-refractivity contribution is 6.10. The number of rotatable bonds is 15. The fraction of sp³-hybridized carbons (Fsp3) is 0.116. The second-order valence-electron chi connectivity index (χ2n) is 12.9. The summed E-state index contributed by atoms with van der Waals surface area (Å²) in [6.45, 7) is 1.68. The van der Waals surface area contributed by atoms with Crippen molar-refractivity contribution in [2.24, 2.45) is 0 Å². The Hall–Kier alpha value is -8.34. The van der Waals surface area contributed by atoms with Crippen LogP contribution in [0.25, 0.3) is 6.08 Å². The van der Waals surface area contributed by atoms with Gasteiger partial charge in [0.2, 0.25) is 5.91 Å². The van der Waals surface area contributed by atoms with E-state index in [9.17, 15) is 49.2 Å². The van der Waals surface area contributed by atoms with Crippen LogP contribution in [0.2, 0.25) is 0 Å². The second-order valence-corrected chi connectivity index (χ2v) is 12.9. The third-order valence-electron chi connectivity index (χ3n) is 8.75. The second kappa shape index (κ2) is 19.2. The van der Waals surface area contributed by atoms with Gasteiger partial charge in [0, 0.05) is 41.0 Å². The number of hydrogen-bond donors (Lipinski definition) is 9. The Morgan fingerprint density at radius 1 is 0.583 bits per heavy atom. The number of carbonyl (C=O) groups excluding carboxylic acids is 5. The summed E-state index contributed by atoms with van der Waals surface area (Å²) >= 11 is 0. The number of carboxylic acid groups (broad SMARTS) is 1. The third-order valence-corrected chi connectivity index (χ3v) is 8.75. The van der Waals surface area contributed by atoms with Crippen LogP contribution < -0.4 is 36.1 Å². The minimum atomic E-state index is -1.41. The van der Waals surface area contributed by atoms with Gasteiger partial charge in [-0.25, -0.2) is 4.79 Å². The van der Waals surface area contributed by atoms with Crippen LogP contribution in [0.1, 0.15) is 60.3 Å². The fourth-order valence-corrected chi connectivity index (χ4v) is 5.63. The van der Waals surface area contributed by atoms with Gasteiger partial charge in [-0.3, -0.25) is 24.0 Å². The normalized spacial score (nSPS) is 10.8. The molecule has 0 unspecified atom stereocenters. The predicted octanol–water partition coefficient (Wildman–Crippen LogP) is 5.82. The number of phenols is 3. The number of hydrogen-bond acceptors (Lipinski definition) is 11. The average Bonchev–Trinajstić information content (AvgIpc) is 3.22. The number of phenolic OH excluding ortho intramolecular Hbond substituents is 2. The SMILES string of the molecule is COc1c(NC(=O)c2ccc(NC(=O)c3ccc(NC(=O)CCNC(=O)c4ccc(NC(=O)/C(C)=C/c5ccc(O)cc5)cc4)cc3)c(OC)c2O)ccc(C(=O)O)c1O. The average molecular weight is 818 g/mol. The maximum atomic E-state index is 13.1. The molecular weight excluding hydrogens is 778 g/mol. The number of nitrogens with one attached hydrogen (secondary N) is 5. The van der Waals surface area contributed by atoms with Gasteiger partial charge in [0.25, 0.3) is 23.6 Å². The van der Waals surface area contributed by atoms with Gasteiger partial charge in [-0.1, -0.05) is 12.1 Å². The molecule has 17 heteroatoms. The van der Waals surface area contributed by atoms with E-state index in [4.69, 9.17) is 9.47 Å². The Morgan fingerprint density at radius 2 is 1.08 bits per heavy atom. The Labute approximate surface area is 342 Å². The van der Waals surface area contributed by atoms with Crippen LogP contribution in [0.15, 0.2) is 103 Å². The zero-order valence-electron chi connectivity index (χ0n) is 32.3. The molecular formula is C43H39N5O12. The van der Waals surface area contributed by atoms with Crippen LogP contribution in [-0.4, -0.2) is 76.7 Å². The monoisotopic (exact) mass is 817 g/mol. The summed E-state index contributed by atoms with van der Waals surface area (Å²) < 4.78 is 10.3. The van der Waals surface area contributed by atoms with Crippen LogP contribution >= 0.6 is 0 Å². The zero-order chi connectivity index (χ0) is 43.5. The molecule has 308 valence electrons. The number of benzene rings is 5. The molecule has 0 atom stereocenters. The lowest BCUT2D eigenvalue weighted by molar-refractivity contribution is -0.116. The number of carboxylic acids is 1. The molecule has 0 spiro atoms. The molecule has 0 aromatic heterocycles. The number of aromatic carboxylic acids is 1. The lowest BCUT2D eigenvalue weighted by Gasteiger charge is -2.16. The van der Waals surface area contributed by atoms with Crippen LogP contribution in [0.5, 0.6) is 28.7 Å². The van der Waals surface area contributed by atoms with E-state index in [1.165, 1.54) is 80.9 Å². The molecule has 0 fully saturated rings. The highest BCUT2D eigenvalue weighted by Gasteiger charge is 2.24. The van der Waals surface area contributed by atoms with E-state index in [2.05, 4.69) is 26.6 Å². The zero-order valence-corrected chi connectivity index (χ0v) is 32.3. The molecule has 9 N–H and O–H groups in total. The maximum Gasteiger partial charge on any atom is 0.339 e. The summed E-state index contributed by atoms with van der Waals surface area (Å²) in [6, 6.07) is 23.3. The Morgan fingerprint density at radius 3 is 1.63 bits per heavy atom. The smallest absolute Gasteiger partial charge is 0.339 e. The van der Waals surface area contributed by atoms with E-state index in [-0.39, 0.29) is 58.6 Å². The largest absolute Gasteiger partial charge is 0.508 e. The first-order valence-corrected chi connectivity index (χ1v) is 17.9. The molecule has 0 aliphatic heterocycles. The van der Waals surface area contributed by atoms with E-state index in [1.807, 2.05) is 0 Å². The highest BCUT2D eigenvalue weighted by Crippen LogP contribution is 2.40. The minimum absolute atomic E-state index is 0.0189. The van der Waals surface area contributed by atoms with Crippen molar-refractivity contribution in [3.8, 4) is 28.7 Å². The standard InChI is InChI=1S/C43H39N5O12/c1-23(22-24-4-14-29(49)15-5-24)39(53)46-28-12-6-25(7-13-28)40(54)44-21-20-34(50)45-27-10-8-26(9-11-27)41(55)47-32-18-16-30(35(51)37(32)59-2)42(56)48-33-19-17-31(43(57)58)36(52)38(33)60-3/h4-19,22,49,51-52H,20-21H2,1-3H3,(H,44,54)(H,45,50)(H,46,53)(H,47,55)(H,48,56)(H,57,58)/b23-22+. The molecule has 0 saturated heterocycles. The molecule has 0 bridgehead atoms. The van der Waals surface area contributed by atoms with Gasteiger partial charge in [-0.05, 0) is 103 Å². The Balaban J connectivity index is 1.10. The first-order valence-electron chi connectivity index (χ1n) is 17.9. The Kier molecular flexibility index (Phi) is 13.7. The maximum absolute atomic E-state index is 13.1. The summed E-state index contributed by atoms with van der Waals surface area (Å²) in [6.07, 6.45) is 1.62. The predicted molar refractivity (Wildman–Crippen MR) is 221 cm³/mol. The molecule has 17 nitrogen and oxygen atoms in total. The van der Waals surface area contributed by atoms with E-state index in [1.54, 1.807) is 37.3 Å². The van der Waals surface area contributed by atoms with E-state index in [0.717, 1.165) is 11.6 Å². The van der Waals surface area contributed by atoms with Crippen LogP contribution in [0.3, 0.4) is 0 Å². The molecule has 0 radical (unpaired) electrons. The fourth-order valence-electron chi connectivity index (χ4n) is 5.63. The van der Waals surface area contributed by atoms with E-state index < -0.39 is 46.7 Å². The van der Waals surface area contributed by atoms with Gasteiger partial charge in [-0.2, -0.15) is 0 Å². The van der Waals surface area contributed by atoms with Gasteiger partial charge in [0.15, 0.2) is 23.0 Å². The molecule has 0 aliphatic carbocycles.